The first-order valence-electron chi connectivity index (χ1n) is 9.00. The minimum absolute atomic E-state index is 0.0225. The molecular formula is C22H21F2NO4. The maximum atomic E-state index is 12.4. The SMILES string of the molecule is CN1/C(=C\C(=O)COC(=O)c2cccc(OC(F)F)c2)C(C)(C)c2ccccc21. The summed E-state index contributed by atoms with van der Waals surface area (Å²) in [4.78, 5) is 26.5. The van der Waals surface area contributed by atoms with Gasteiger partial charge in [-0.2, -0.15) is 8.78 Å². The zero-order valence-electron chi connectivity index (χ0n) is 16.3. The van der Waals surface area contributed by atoms with E-state index in [0.717, 1.165) is 23.0 Å². The molecule has 1 aliphatic heterocycles. The second-order valence-electron chi connectivity index (χ2n) is 7.18. The van der Waals surface area contributed by atoms with Gasteiger partial charge in [0.1, 0.15) is 5.75 Å². The summed E-state index contributed by atoms with van der Waals surface area (Å²) in [6, 6.07) is 13.1. The van der Waals surface area contributed by atoms with E-state index in [1.807, 2.05) is 50.1 Å². The van der Waals surface area contributed by atoms with Gasteiger partial charge in [0.15, 0.2) is 12.4 Å². The number of ketones is 1. The van der Waals surface area contributed by atoms with E-state index in [1.165, 1.54) is 24.3 Å². The molecule has 3 rings (SSSR count). The Kier molecular flexibility index (Phi) is 5.68. The zero-order chi connectivity index (χ0) is 21.2. The number of ether oxygens (including phenoxy) is 2. The molecule has 0 saturated heterocycles. The van der Waals surface area contributed by atoms with Crippen molar-refractivity contribution in [3.8, 4) is 5.75 Å². The van der Waals surface area contributed by atoms with Gasteiger partial charge in [0.25, 0.3) is 0 Å². The number of carbonyl (C=O) groups is 2. The van der Waals surface area contributed by atoms with Crippen molar-refractivity contribution < 1.29 is 27.8 Å². The summed E-state index contributed by atoms with van der Waals surface area (Å²) in [6.45, 7) is 0.595. The van der Waals surface area contributed by atoms with Crippen LogP contribution >= 0.6 is 0 Å². The molecule has 0 aliphatic carbocycles. The third-order valence-corrected chi connectivity index (χ3v) is 4.88. The lowest BCUT2D eigenvalue weighted by atomic mass is 9.83. The second kappa shape index (κ2) is 8.03. The molecule has 29 heavy (non-hydrogen) atoms. The van der Waals surface area contributed by atoms with E-state index < -0.39 is 19.2 Å². The Morgan fingerprint density at radius 2 is 1.86 bits per heavy atom. The third-order valence-electron chi connectivity index (χ3n) is 4.88. The molecule has 0 atom stereocenters. The van der Waals surface area contributed by atoms with E-state index in [0.29, 0.717) is 0 Å². The first-order chi connectivity index (χ1) is 13.7. The number of likely N-dealkylation sites (N-methyl/N-ethyl adjacent to an activating group) is 1. The molecule has 7 heteroatoms. The number of allylic oxidation sites excluding steroid dienone is 1. The van der Waals surface area contributed by atoms with Crippen LogP contribution < -0.4 is 9.64 Å². The normalized spacial score (nSPS) is 16.1. The van der Waals surface area contributed by atoms with E-state index >= 15 is 0 Å². The van der Waals surface area contributed by atoms with E-state index in [1.54, 1.807) is 0 Å². The first kappa shape index (κ1) is 20.5. The van der Waals surface area contributed by atoms with Crippen LogP contribution in [-0.4, -0.2) is 32.0 Å². The first-order valence-corrected chi connectivity index (χ1v) is 9.00. The molecule has 1 aliphatic rings. The van der Waals surface area contributed by atoms with Gasteiger partial charge in [-0.3, -0.25) is 4.79 Å². The van der Waals surface area contributed by atoms with Crippen LogP contribution in [0.5, 0.6) is 5.75 Å². The van der Waals surface area contributed by atoms with Gasteiger partial charge in [0, 0.05) is 29.9 Å². The number of rotatable bonds is 6. The Bertz CT molecular complexity index is 969. The van der Waals surface area contributed by atoms with Crippen LogP contribution in [0.15, 0.2) is 60.3 Å². The maximum Gasteiger partial charge on any atom is 0.387 e. The number of hydrogen-bond acceptors (Lipinski definition) is 5. The maximum absolute atomic E-state index is 12.4. The summed E-state index contributed by atoms with van der Waals surface area (Å²) < 4.78 is 33.9. The van der Waals surface area contributed by atoms with Crippen molar-refractivity contribution in [3.63, 3.8) is 0 Å². The molecule has 0 N–H and O–H groups in total. The molecule has 0 bridgehead atoms. The van der Waals surface area contributed by atoms with Gasteiger partial charge in [0.05, 0.1) is 5.56 Å². The van der Waals surface area contributed by atoms with E-state index in [4.69, 9.17) is 4.74 Å². The number of fused-ring (bicyclic) bond motifs is 1. The molecule has 152 valence electrons. The van der Waals surface area contributed by atoms with E-state index in [9.17, 15) is 18.4 Å². The van der Waals surface area contributed by atoms with Crippen LogP contribution in [-0.2, 0) is 14.9 Å². The number of anilines is 1. The Labute approximate surface area is 167 Å². The Morgan fingerprint density at radius 1 is 1.14 bits per heavy atom. The molecule has 0 spiro atoms. The average Bonchev–Trinajstić information content (AvgIpc) is 2.87. The van der Waals surface area contributed by atoms with Gasteiger partial charge >= 0.3 is 12.6 Å². The molecule has 1 heterocycles. The number of alkyl halides is 2. The van der Waals surface area contributed by atoms with Crippen molar-refractivity contribution in [1.82, 2.24) is 0 Å². The lowest BCUT2D eigenvalue weighted by Gasteiger charge is -2.23. The summed E-state index contributed by atoms with van der Waals surface area (Å²) >= 11 is 0. The summed E-state index contributed by atoms with van der Waals surface area (Å²) in [5.74, 6) is -1.32. The van der Waals surface area contributed by atoms with Crippen LogP contribution in [0.3, 0.4) is 0 Å². The minimum atomic E-state index is -3.00. The molecule has 0 radical (unpaired) electrons. The van der Waals surface area contributed by atoms with Crippen LogP contribution in [0, 0.1) is 0 Å². The molecule has 0 aromatic heterocycles. The topological polar surface area (TPSA) is 55.8 Å². The number of halogens is 2. The van der Waals surface area contributed by atoms with Crippen LogP contribution in [0.1, 0.15) is 29.8 Å². The Hall–Kier alpha value is -3.22. The lowest BCUT2D eigenvalue weighted by Crippen LogP contribution is -2.25. The predicted octanol–water partition coefficient (Wildman–Crippen LogP) is 4.33. The standard InChI is InChI=1S/C22H21F2NO4/c1-22(2)17-9-4-5-10-18(17)25(3)19(22)12-15(26)13-28-20(27)14-7-6-8-16(11-14)29-21(23)24/h4-12,21H,13H2,1-3H3/b19-12-. The fraction of sp³-hybridized carbons (Fsp3) is 0.273. The Morgan fingerprint density at radius 3 is 2.55 bits per heavy atom. The number of carbonyl (C=O) groups excluding carboxylic acids is 2. The molecule has 0 unspecified atom stereocenters. The van der Waals surface area contributed by atoms with Crippen molar-refractivity contribution in [2.75, 3.05) is 18.6 Å². The highest BCUT2D eigenvalue weighted by atomic mass is 19.3. The van der Waals surface area contributed by atoms with Crippen molar-refractivity contribution in [3.05, 3.63) is 71.4 Å². The van der Waals surface area contributed by atoms with Gasteiger partial charge < -0.3 is 14.4 Å². The monoisotopic (exact) mass is 401 g/mol. The average molecular weight is 401 g/mol. The van der Waals surface area contributed by atoms with Crippen molar-refractivity contribution in [1.29, 1.82) is 0 Å². The quantitative estimate of drug-likeness (QED) is 0.533. The van der Waals surface area contributed by atoms with Crippen molar-refractivity contribution in [2.45, 2.75) is 25.9 Å². The Balaban J connectivity index is 1.68. The molecule has 0 amide bonds. The van der Waals surface area contributed by atoms with Gasteiger partial charge in [-0.15, -0.1) is 0 Å². The van der Waals surface area contributed by atoms with Gasteiger partial charge in [-0.1, -0.05) is 38.1 Å². The number of hydrogen-bond donors (Lipinski definition) is 0. The highest BCUT2D eigenvalue weighted by Crippen LogP contribution is 2.46. The van der Waals surface area contributed by atoms with E-state index in [-0.39, 0.29) is 22.5 Å². The molecule has 2 aromatic carbocycles. The van der Waals surface area contributed by atoms with Crippen molar-refractivity contribution >= 4 is 17.4 Å². The van der Waals surface area contributed by atoms with Crippen LogP contribution in [0.4, 0.5) is 14.5 Å². The molecule has 0 saturated carbocycles. The fourth-order valence-electron chi connectivity index (χ4n) is 3.47. The van der Waals surface area contributed by atoms with Crippen molar-refractivity contribution in [2.24, 2.45) is 0 Å². The summed E-state index contributed by atoms with van der Waals surface area (Å²) in [7, 11) is 1.88. The number of para-hydroxylation sites is 1. The highest BCUT2D eigenvalue weighted by Gasteiger charge is 2.38. The zero-order valence-corrected chi connectivity index (χ0v) is 16.3. The molecule has 5 nitrogen and oxygen atoms in total. The van der Waals surface area contributed by atoms with E-state index in [2.05, 4.69) is 4.74 Å². The summed E-state index contributed by atoms with van der Waals surface area (Å²) in [6.07, 6.45) is 1.48. The smallest absolute Gasteiger partial charge is 0.387 e. The number of nitrogens with zero attached hydrogens (tertiary/aromatic N) is 1. The van der Waals surface area contributed by atoms with Gasteiger partial charge in [0.2, 0.25) is 0 Å². The lowest BCUT2D eigenvalue weighted by molar-refractivity contribution is -0.117. The van der Waals surface area contributed by atoms with Crippen LogP contribution in [0.2, 0.25) is 0 Å². The largest absolute Gasteiger partial charge is 0.454 e. The third kappa shape index (κ3) is 4.29. The second-order valence-corrected chi connectivity index (χ2v) is 7.18. The van der Waals surface area contributed by atoms with Crippen LogP contribution in [0.25, 0.3) is 0 Å². The number of esters is 1. The summed E-state index contributed by atoms with van der Waals surface area (Å²) in [5, 5.41) is 0. The van der Waals surface area contributed by atoms with Gasteiger partial charge in [-0.05, 0) is 29.8 Å². The fourth-order valence-corrected chi connectivity index (χ4v) is 3.47. The molecule has 2 aromatic rings. The van der Waals surface area contributed by atoms with Gasteiger partial charge in [-0.25, -0.2) is 4.79 Å². The minimum Gasteiger partial charge on any atom is -0.454 e. The number of benzene rings is 2. The highest BCUT2D eigenvalue weighted by molar-refractivity contribution is 5.96. The summed E-state index contributed by atoms with van der Waals surface area (Å²) in [5.41, 5.74) is 2.58. The predicted molar refractivity (Wildman–Crippen MR) is 104 cm³/mol. The molecular weight excluding hydrogens is 380 g/mol. The molecule has 0 fully saturated rings.